The third-order valence-corrected chi connectivity index (χ3v) is 3.52. The molecular formula is C14H21NO2. The second-order valence-electron chi connectivity index (χ2n) is 4.66. The van der Waals surface area contributed by atoms with Crippen molar-refractivity contribution in [2.24, 2.45) is 0 Å². The van der Waals surface area contributed by atoms with E-state index in [1.165, 1.54) is 5.56 Å². The van der Waals surface area contributed by atoms with Crippen LogP contribution < -0.4 is 10.1 Å². The Morgan fingerprint density at radius 1 is 1.24 bits per heavy atom. The standard InChI is InChI=1S/C14H21NO2/c1-10(15-11-8-12(9-11)16-2)13-6-4-5-7-14(13)17-3/h4-7,10-12,15H,8-9H2,1-3H3/t10-,11?,12?/m0/s1. The first kappa shape index (κ1) is 12.4. The third-order valence-electron chi connectivity index (χ3n) is 3.52. The maximum absolute atomic E-state index is 5.38. The van der Waals surface area contributed by atoms with E-state index >= 15 is 0 Å². The minimum atomic E-state index is 0.314. The Morgan fingerprint density at radius 3 is 2.59 bits per heavy atom. The predicted octanol–water partition coefficient (Wildman–Crippen LogP) is 2.52. The summed E-state index contributed by atoms with van der Waals surface area (Å²) in [7, 11) is 3.50. The van der Waals surface area contributed by atoms with Crippen LogP contribution in [0.2, 0.25) is 0 Å². The Balaban J connectivity index is 1.93. The zero-order valence-electron chi connectivity index (χ0n) is 10.8. The molecule has 0 unspecified atom stereocenters. The first-order valence-corrected chi connectivity index (χ1v) is 6.16. The number of hydrogen-bond acceptors (Lipinski definition) is 3. The number of para-hydroxylation sites is 1. The van der Waals surface area contributed by atoms with Gasteiger partial charge in [-0.25, -0.2) is 0 Å². The fourth-order valence-corrected chi connectivity index (χ4v) is 2.36. The van der Waals surface area contributed by atoms with Crippen LogP contribution in [0.15, 0.2) is 24.3 Å². The summed E-state index contributed by atoms with van der Waals surface area (Å²) in [6.45, 7) is 2.18. The van der Waals surface area contributed by atoms with Gasteiger partial charge in [0.2, 0.25) is 0 Å². The lowest BCUT2D eigenvalue weighted by Gasteiger charge is -2.37. The first-order chi connectivity index (χ1) is 8.24. The highest BCUT2D eigenvalue weighted by molar-refractivity contribution is 5.35. The molecule has 3 heteroatoms. The molecule has 1 aromatic rings. The van der Waals surface area contributed by atoms with Gasteiger partial charge in [0.05, 0.1) is 13.2 Å². The SMILES string of the molecule is COc1ccccc1[C@H](C)NC1CC(OC)C1. The number of methoxy groups -OCH3 is 2. The molecule has 1 atom stereocenters. The first-order valence-electron chi connectivity index (χ1n) is 6.16. The maximum atomic E-state index is 5.38. The molecule has 0 amide bonds. The van der Waals surface area contributed by atoms with E-state index in [2.05, 4.69) is 24.4 Å². The summed E-state index contributed by atoms with van der Waals surface area (Å²) in [5.74, 6) is 0.954. The smallest absolute Gasteiger partial charge is 0.123 e. The van der Waals surface area contributed by atoms with Crippen LogP contribution in [0.1, 0.15) is 31.4 Å². The molecule has 0 aliphatic heterocycles. The van der Waals surface area contributed by atoms with Crippen molar-refractivity contribution in [1.29, 1.82) is 0 Å². The van der Waals surface area contributed by atoms with E-state index in [4.69, 9.17) is 9.47 Å². The van der Waals surface area contributed by atoms with Gasteiger partial charge >= 0.3 is 0 Å². The minimum absolute atomic E-state index is 0.314. The predicted molar refractivity (Wildman–Crippen MR) is 68.4 cm³/mol. The van der Waals surface area contributed by atoms with E-state index in [-0.39, 0.29) is 0 Å². The zero-order valence-corrected chi connectivity index (χ0v) is 10.8. The van der Waals surface area contributed by atoms with Crippen LogP contribution >= 0.6 is 0 Å². The summed E-state index contributed by atoms with van der Waals surface area (Å²) in [5.41, 5.74) is 1.22. The van der Waals surface area contributed by atoms with E-state index in [1.807, 2.05) is 12.1 Å². The lowest BCUT2D eigenvalue weighted by molar-refractivity contribution is 0.0146. The van der Waals surface area contributed by atoms with E-state index < -0.39 is 0 Å². The van der Waals surface area contributed by atoms with Gasteiger partial charge in [0.15, 0.2) is 0 Å². The fraction of sp³-hybridized carbons (Fsp3) is 0.571. The maximum Gasteiger partial charge on any atom is 0.123 e. The van der Waals surface area contributed by atoms with E-state index in [0.29, 0.717) is 18.2 Å². The topological polar surface area (TPSA) is 30.5 Å². The van der Waals surface area contributed by atoms with Gasteiger partial charge in [-0.05, 0) is 25.8 Å². The Kier molecular flexibility index (Phi) is 4.02. The van der Waals surface area contributed by atoms with Crippen molar-refractivity contribution >= 4 is 0 Å². The normalized spacial score (nSPS) is 25.1. The van der Waals surface area contributed by atoms with Crippen molar-refractivity contribution in [3.05, 3.63) is 29.8 Å². The molecule has 1 N–H and O–H groups in total. The van der Waals surface area contributed by atoms with Gasteiger partial charge in [0.1, 0.15) is 5.75 Å². The highest BCUT2D eigenvalue weighted by atomic mass is 16.5. The van der Waals surface area contributed by atoms with Gasteiger partial charge in [-0.15, -0.1) is 0 Å². The average Bonchev–Trinajstić information content (AvgIpc) is 2.32. The summed E-state index contributed by atoms with van der Waals surface area (Å²) in [6.07, 6.45) is 2.66. The Labute approximate surface area is 103 Å². The minimum Gasteiger partial charge on any atom is -0.496 e. The molecular weight excluding hydrogens is 214 g/mol. The largest absolute Gasteiger partial charge is 0.496 e. The number of ether oxygens (including phenoxy) is 2. The van der Waals surface area contributed by atoms with Crippen LogP contribution in [0.25, 0.3) is 0 Å². The van der Waals surface area contributed by atoms with Crippen molar-refractivity contribution in [3.63, 3.8) is 0 Å². The summed E-state index contributed by atoms with van der Waals surface area (Å²) >= 11 is 0. The van der Waals surface area contributed by atoms with Gasteiger partial charge in [-0.2, -0.15) is 0 Å². The van der Waals surface area contributed by atoms with E-state index in [0.717, 1.165) is 18.6 Å². The highest BCUT2D eigenvalue weighted by Crippen LogP contribution is 2.29. The molecule has 1 fully saturated rings. The molecule has 0 heterocycles. The van der Waals surface area contributed by atoms with Crippen molar-refractivity contribution in [3.8, 4) is 5.75 Å². The Hall–Kier alpha value is -1.06. The second kappa shape index (κ2) is 5.52. The molecule has 0 aromatic heterocycles. The van der Waals surface area contributed by atoms with E-state index in [1.54, 1.807) is 14.2 Å². The fourth-order valence-electron chi connectivity index (χ4n) is 2.36. The van der Waals surface area contributed by atoms with Crippen LogP contribution in [-0.2, 0) is 4.74 Å². The highest BCUT2D eigenvalue weighted by Gasteiger charge is 2.30. The molecule has 1 aromatic carbocycles. The van der Waals surface area contributed by atoms with Gasteiger partial charge in [0.25, 0.3) is 0 Å². The summed E-state index contributed by atoms with van der Waals surface area (Å²) in [5, 5.41) is 3.61. The molecule has 0 radical (unpaired) electrons. The van der Waals surface area contributed by atoms with Crippen molar-refractivity contribution < 1.29 is 9.47 Å². The van der Waals surface area contributed by atoms with E-state index in [9.17, 15) is 0 Å². The van der Waals surface area contributed by atoms with Crippen molar-refractivity contribution in [2.75, 3.05) is 14.2 Å². The Morgan fingerprint density at radius 2 is 1.94 bits per heavy atom. The molecule has 2 rings (SSSR count). The molecule has 17 heavy (non-hydrogen) atoms. The van der Waals surface area contributed by atoms with Gasteiger partial charge < -0.3 is 14.8 Å². The van der Waals surface area contributed by atoms with Crippen LogP contribution in [0.3, 0.4) is 0 Å². The molecule has 94 valence electrons. The van der Waals surface area contributed by atoms with Gasteiger partial charge in [-0.3, -0.25) is 0 Å². The number of hydrogen-bond donors (Lipinski definition) is 1. The van der Waals surface area contributed by atoms with Gasteiger partial charge in [0, 0.05) is 24.8 Å². The lowest BCUT2D eigenvalue weighted by atomic mass is 9.88. The van der Waals surface area contributed by atoms with Crippen LogP contribution in [0, 0.1) is 0 Å². The molecule has 0 saturated heterocycles. The molecule has 1 aliphatic carbocycles. The molecule has 0 bridgehead atoms. The van der Waals surface area contributed by atoms with Crippen LogP contribution in [0.5, 0.6) is 5.75 Å². The number of rotatable bonds is 5. The van der Waals surface area contributed by atoms with Crippen LogP contribution in [0.4, 0.5) is 0 Å². The van der Waals surface area contributed by atoms with Crippen LogP contribution in [-0.4, -0.2) is 26.4 Å². The summed E-state index contributed by atoms with van der Waals surface area (Å²) < 4.78 is 10.7. The van der Waals surface area contributed by atoms with Crippen molar-refractivity contribution in [1.82, 2.24) is 5.32 Å². The van der Waals surface area contributed by atoms with Crippen molar-refractivity contribution in [2.45, 2.75) is 38.0 Å². The molecule has 1 saturated carbocycles. The second-order valence-corrected chi connectivity index (χ2v) is 4.66. The molecule has 0 spiro atoms. The number of nitrogens with one attached hydrogen (secondary N) is 1. The quantitative estimate of drug-likeness (QED) is 0.850. The lowest BCUT2D eigenvalue weighted by Crippen LogP contribution is -2.45. The average molecular weight is 235 g/mol. The zero-order chi connectivity index (χ0) is 12.3. The number of benzene rings is 1. The summed E-state index contributed by atoms with van der Waals surface area (Å²) in [6, 6.07) is 9.05. The van der Waals surface area contributed by atoms with Gasteiger partial charge in [-0.1, -0.05) is 18.2 Å². The third kappa shape index (κ3) is 2.79. The Bertz CT molecular complexity index is 361. The molecule has 3 nitrogen and oxygen atoms in total. The molecule has 1 aliphatic rings. The summed E-state index contributed by atoms with van der Waals surface area (Å²) in [4.78, 5) is 0. The monoisotopic (exact) mass is 235 g/mol.